The summed E-state index contributed by atoms with van der Waals surface area (Å²) in [6.45, 7) is 0. The fourth-order valence-corrected chi connectivity index (χ4v) is 5.35. The highest BCUT2D eigenvalue weighted by molar-refractivity contribution is 7.07. The molecule has 30 heavy (non-hydrogen) atoms. The molecule has 0 saturated heterocycles. The summed E-state index contributed by atoms with van der Waals surface area (Å²) in [5, 5.41) is 16.0. The molecular formula is C24H21N3O2S. The van der Waals surface area contributed by atoms with Gasteiger partial charge in [-0.2, -0.15) is 0 Å². The molecule has 5 rings (SSSR count). The van der Waals surface area contributed by atoms with Crippen LogP contribution in [0.15, 0.2) is 77.1 Å². The Bertz CT molecular complexity index is 1290. The van der Waals surface area contributed by atoms with Gasteiger partial charge in [-0.25, -0.2) is 4.99 Å². The lowest BCUT2D eigenvalue weighted by molar-refractivity contribution is -0.384. The zero-order valence-corrected chi connectivity index (χ0v) is 17.2. The van der Waals surface area contributed by atoms with Crippen molar-refractivity contribution in [2.24, 2.45) is 4.99 Å². The van der Waals surface area contributed by atoms with Gasteiger partial charge in [0.2, 0.25) is 0 Å². The molecule has 0 bridgehead atoms. The fraction of sp³-hybridized carbons (Fsp3) is 0.208. The first-order valence-electron chi connectivity index (χ1n) is 10.2. The third-order valence-corrected chi connectivity index (χ3v) is 6.63. The second-order valence-corrected chi connectivity index (χ2v) is 8.43. The van der Waals surface area contributed by atoms with Crippen LogP contribution in [0.4, 0.5) is 11.4 Å². The number of para-hydroxylation sites is 2. The summed E-state index contributed by atoms with van der Waals surface area (Å²) >= 11 is 1.56. The Hall–Kier alpha value is -3.25. The van der Waals surface area contributed by atoms with Crippen LogP contribution in [-0.4, -0.2) is 9.49 Å². The number of nitro groups is 1. The third kappa shape index (κ3) is 3.33. The largest absolute Gasteiger partial charge is 0.313 e. The van der Waals surface area contributed by atoms with Crippen molar-refractivity contribution in [3.8, 4) is 11.3 Å². The summed E-state index contributed by atoms with van der Waals surface area (Å²) in [4.78, 5) is 16.7. The fourth-order valence-electron chi connectivity index (χ4n) is 4.38. The maximum Gasteiger partial charge on any atom is 0.294 e. The van der Waals surface area contributed by atoms with Crippen LogP contribution in [0.3, 0.4) is 0 Å². The van der Waals surface area contributed by atoms with E-state index < -0.39 is 0 Å². The lowest BCUT2D eigenvalue weighted by Gasteiger charge is -2.17. The molecule has 0 amide bonds. The van der Waals surface area contributed by atoms with Gasteiger partial charge in [0, 0.05) is 23.1 Å². The van der Waals surface area contributed by atoms with E-state index in [1.807, 2.05) is 0 Å². The zero-order chi connectivity index (χ0) is 20.5. The van der Waals surface area contributed by atoms with Gasteiger partial charge in [0.15, 0.2) is 4.80 Å². The van der Waals surface area contributed by atoms with Crippen LogP contribution in [0, 0.1) is 10.1 Å². The third-order valence-electron chi connectivity index (χ3n) is 5.79. The summed E-state index contributed by atoms with van der Waals surface area (Å²) < 4.78 is 2.32. The molecule has 6 heteroatoms. The molecule has 1 aliphatic rings. The number of aromatic nitrogens is 1. The monoisotopic (exact) mass is 415 g/mol. The van der Waals surface area contributed by atoms with Crippen LogP contribution in [-0.2, 0) is 0 Å². The number of nitrogens with zero attached hydrogens (tertiary/aromatic N) is 3. The maximum atomic E-state index is 11.5. The normalized spacial score (nSPS) is 15.1. The highest BCUT2D eigenvalue weighted by Gasteiger charge is 2.23. The second kappa shape index (κ2) is 7.88. The van der Waals surface area contributed by atoms with Crippen LogP contribution in [0.25, 0.3) is 22.0 Å². The number of nitro benzene ring substituents is 1. The molecule has 0 spiro atoms. The molecule has 0 unspecified atom stereocenters. The highest BCUT2D eigenvalue weighted by Crippen LogP contribution is 2.36. The number of benzene rings is 3. The minimum Gasteiger partial charge on any atom is -0.313 e. The summed E-state index contributed by atoms with van der Waals surface area (Å²) in [5.41, 5.74) is 2.76. The van der Waals surface area contributed by atoms with E-state index in [-0.39, 0.29) is 10.6 Å². The molecule has 1 saturated carbocycles. The molecular weight excluding hydrogens is 394 g/mol. The van der Waals surface area contributed by atoms with Crippen LogP contribution in [0.1, 0.15) is 31.7 Å². The SMILES string of the molecule is O=[N+]([O-])c1ccccc1N=c1scc(-c2cccc3ccccc23)n1C1CCCC1. The molecule has 4 aromatic rings. The quantitative estimate of drug-likeness (QED) is 0.277. The van der Waals surface area contributed by atoms with Crippen molar-refractivity contribution in [3.05, 3.63) is 87.0 Å². The molecule has 150 valence electrons. The van der Waals surface area contributed by atoms with Crippen LogP contribution in [0.5, 0.6) is 0 Å². The van der Waals surface area contributed by atoms with E-state index >= 15 is 0 Å². The summed E-state index contributed by atoms with van der Waals surface area (Å²) in [5.74, 6) is 0. The molecule has 0 aliphatic heterocycles. The molecule has 1 fully saturated rings. The Morgan fingerprint density at radius 1 is 0.967 bits per heavy atom. The van der Waals surface area contributed by atoms with Crippen molar-refractivity contribution in [1.29, 1.82) is 0 Å². The van der Waals surface area contributed by atoms with E-state index in [1.165, 1.54) is 35.2 Å². The van der Waals surface area contributed by atoms with Gasteiger partial charge in [-0.15, -0.1) is 11.3 Å². The molecule has 0 N–H and O–H groups in total. The van der Waals surface area contributed by atoms with Crippen molar-refractivity contribution in [2.45, 2.75) is 31.7 Å². The van der Waals surface area contributed by atoms with Crippen molar-refractivity contribution >= 4 is 33.5 Å². The zero-order valence-electron chi connectivity index (χ0n) is 16.4. The topological polar surface area (TPSA) is 60.4 Å². The first-order valence-corrected chi connectivity index (χ1v) is 11.1. The van der Waals surface area contributed by atoms with Gasteiger partial charge in [0.05, 0.1) is 10.6 Å². The van der Waals surface area contributed by atoms with Crippen LogP contribution >= 0.6 is 11.3 Å². The first-order chi connectivity index (χ1) is 14.7. The number of fused-ring (bicyclic) bond motifs is 1. The Labute approximate surface area is 178 Å². The Balaban J connectivity index is 1.75. The van der Waals surface area contributed by atoms with E-state index in [0.29, 0.717) is 11.7 Å². The van der Waals surface area contributed by atoms with E-state index in [0.717, 1.165) is 23.3 Å². The van der Waals surface area contributed by atoms with Crippen LogP contribution in [0.2, 0.25) is 0 Å². The predicted octanol–water partition coefficient (Wildman–Crippen LogP) is 6.63. The molecule has 0 radical (unpaired) electrons. The smallest absolute Gasteiger partial charge is 0.294 e. The molecule has 1 aromatic heterocycles. The van der Waals surface area contributed by atoms with Gasteiger partial charge in [-0.3, -0.25) is 10.1 Å². The Morgan fingerprint density at radius 2 is 1.70 bits per heavy atom. The molecule has 0 atom stereocenters. The Morgan fingerprint density at radius 3 is 2.53 bits per heavy atom. The molecule has 1 heterocycles. The number of rotatable bonds is 4. The summed E-state index contributed by atoms with van der Waals surface area (Å²) in [6.07, 6.45) is 4.62. The maximum absolute atomic E-state index is 11.5. The molecule has 1 aliphatic carbocycles. The van der Waals surface area contributed by atoms with Crippen molar-refractivity contribution < 1.29 is 4.92 Å². The Kier molecular flexibility index (Phi) is 4.93. The minimum atomic E-state index is -0.363. The summed E-state index contributed by atoms with van der Waals surface area (Å²) in [6, 6.07) is 21.9. The number of thiazole rings is 1. The van der Waals surface area contributed by atoms with Gasteiger partial charge in [0.25, 0.3) is 5.69 Å². The van der Waals surface area contributed by atoms with Crippen molar-refractivity contribution in [1.82, 2.24) is 4.57 Å². The average molecular weight is 416 g/mol. The van der Waals surface area contributed by atoms with Crippen molar-refractivity contribution in [2.75, 3.05) is 0 Å². The lowest BCUT2D eigenvalue weighted by atomic mass is 10.0. The van der Waals surface area contributed by atoms with Gasteiger partial charge in [0.1, 0.15) is 5.69 Å². The van der Waals surface area contributed by atoms with E-state index in [4.69, 9.17) is 4.99 Å². The minimum absolute atomic E-state index is 0.0376. The van der Waals surface area contributed by atoms with E-state index in [1.54, 1.807) is 29.5 Å². The van der Waals surface area contributed by atoms with Crippen molar-refractivity contribution in [3.63, 3.8) is 0 Å². The predicted molar refractivity (Wildman–Crippen MR) is 121 cm³/mol. The second-order valence-electron chi connectivity index (χ2n) is 7.60. The summed E-state index contributed by atoms with van der Waals surface area (Å²) in [7, 11) is 0. The number of hydrogen-bond donors (Lipinski definition) is 0. The van der Waals surface area contributed by atoms with Gasteiger partial charge in [-0.05, 0) is 29.7 Å². The van der Waals surface area contributed by atoms with E-state index in [9.17, 15) is 10.1 Å². The van der Waals surface area contributed by atoms with Gasteiger partial charge >= 0.3 is 0 Å². The van der Waals surface area contributed by atoms with Crippen LogP contribution < -0.4 is 4.80 Å². The molecule has 5 nitrogen and oxygen atoms in total. The first kappa shape index (κ1) is 18.8. The highest BCUT2D eigenvalue weighted by atomic mass is 32.1. The van der Waals surface area contributed by atoms with Gasteiger partial charge in [-0.1, -0.05) is 67.4 Å². The standard InChI is InChI=1S/C24H21N3O2S/c28-27(29)22-15-6-5-14-21(22)25-24-26(18-10-2-3-11-18)23(16-30-24)20-13-7-9-17-8-1-4-12-19(17)20/h1,4-9,12-16,18H,2-3,10-11H2. The van der Waals surface area contributed by atoms with Gasteiger partial charge < -0.3 is 4.57 Å². The average Bonchev–Trinajstić information content (AvgIpc) is 3.43. The lowest BCUT2D eigenvalue weighted by Crippen LogP contribution is -2.20. The van der Waals surface area contributed by atoms with E-state index in [2.05, 4.69) is 52.4 Å². The number of hydrogen-bond acceptors (Lipinski definition) is 4. The molecule has 3 aromatic carbocycles.